The number of pyridine rings is 1. The number of para-hydroxylation sites is 4. The van der Waals surface area contributed by atoms with Crippen LogP contribution in [0.3, 0.4) is 0 Å². The molecule has 3 aromatic heterocycles. The number of nitrogens with zero attached hydrogens (tertiary/aromatic N) is 3. The molecule has 308 valence electrons. The lowest BCUT2D eigenvalue weighted by Crippen LogP contribution is -3.01. The molecule has 67 heavy (non-hydrogen) atoms. The second-order valence-electron chi connectivity index (χ2n) is 18.5. The van der Waals surface area contributed by atoms with Gasteiger partial charge in [-0.1, -0.05) is 174 Å². The molecule has 0 fully saturated rings. The molecule has 0 saturated heterocycles. The van der Waals surface area contributed by atoms with E-state index in [0.29, 0.717) is 0 Å². The van der Waals surface area contributed by atoms with Crippen LogP contribution in [0.25, 0.3) is 55.0 Å². The van der Waals surface area contributed by atoms with Crippen molar-refractivity contribution in [2.45, 2.75) is 9.79 Å². The molecule has 0 saturated carbocycles. The first kappa shape index (κ1) is 36.4. The Morgan fingerprint density at radius 3 is 1.55 bits per heavy atom. The molecule has 4 nitrogen and oxygen atoms in total. The highest BCUT2D eigenvalue weighted by Gasteiger charge is 2.66. The van der Waals surface area contributed by atoms with Crippen LogP contribution < -0.4 is 57.4 Å². The molecule has 12 aromatic rings. The monoisotopic (exact) mass is 884 g/mol. The van der Waals surface area contributed by atoms with Crippen molar-refractivity contribution in [2.24, 2.45) is 0 Å². The quantitative estimate of drug-likeness (QED) is 0.176. The van der Waals surface area contributed by atoms with Crippen molar-refractivity contribution >= 4 is 126 Å². The molecular formula is C59H36B2N3OSSi+. The minimum absolute atomic E-state index is 0.000250. The van der Waals surface area contributed by atoms with E-state index in [9.17, 15) is 0 Å². The zero-order valence-electron chi connectivity index (χ0n) is 36.1. The molecular weight excluding hydrogens is 848 g/mol. The molecule has 1 spiro atoms. The fraction of sp³-hybridized carbons (Fsp3) is 0. The van der Waals surface area contributed by atoms with Gasteiger partial charge in [0.05, 0.1) is 22.1 Å². The molecule has 1 atom stereocenters. The van der Waals surface area contributed by atoms with Crippen LogP contribution >= 0.6 is 11.8 Å². The van der Waals surface area contributed by atoms with Crippen LogP contribution in [-0.2, 0) is 0 Å². The lowest BCUT2D eigenvalue weighted by atomic mass is 9.36. The number of aromatic nitrogens is 3. The third-order valence-electron chi connectivity index (χ3n) is 15.4. The minimum Gasteiger partial charge on any atom is -0.452 e. The van der Waals surface area contributed by atoms with Gasteiger partial charge in [0, 0.05) is 70.4 Å². The number of rotatable bonds is 2. The molecule has 8 heteroatoms. The molecule has 0 aliphatic carbocycles. The van der Waals surface area contributed by atoms with E-state index in [0.717, 1.165) is 17.2 Å². The molecule has 16 rings (SSSR count). The lowest BCUT2D eigenvalue weighted by molar-refractivity contribution is -0.520. The summed E-state index contributed by atoms with van der Waals surface area (Å²) in [6, 6.07) is 79.7. The van der Waals surface area contributed by atoms with E-state index in [4.69, 9.17) is 4.74 Å². The Morgan fingerprint density at radius 1 is 0.403 bits per heavy atom. The lowest BCUT2D eigenvalue weighted by Gasteiger charge is -2.43. The van der Waals surface area contributed by atoms with Gasteiger partial charge in [0.1, 0.15) is 11.9 Å². The fourth-order valence-corrected chi connectivity index (χ4v) is 19.8. The van der Waals surface area contributed by atoms with Gasteiger partial charge in [-0.05, 0) is 65.5 Å². The van der Waals surface area contributed by atoms with Crippen molar-refractivity contribution in [3.8, 4) is 22.9 Å². The number of hydrogen-bond acceptors (Lipinski definition) is 2. The first-order chi connectivity index (χ1) is 33.3. The maximum atomic E-state index is 7.21. The topological polar surface area (TPSA) is 23.0 Å². The molecule has 0 N–H and O–H groups in total. The summed E-state index contributed by atoms with van der Waals surface area (Å²) in [5, 5.41) is 9.44. The highest BCUT2D eigenvalue weighted by molar-refractivity contribution is 8.00. The molecule has 0 radical (unpaired) electrons. The summed E-state index contributed by atoms with van der Waals surface area (Å²) in [5.74, 6) is 1.85. The van der Waals surface area contributed by atoms with Crippen LogP contribution in [0.1, 0.15) is 0 Å². The van der Waals surface area contributed by atoms with Gasteiger partial charge in [0.15, 0.2) is 11.3 Å². The zero-order chi connectivity index (χ0) is 43.5. The van der Waals surface area contributed by atoms with Crippen molar-refractivity contribution < 1.29 is 8.97 Å². The molecule has 0 bridgehead atoms. The van der Waals surface area contributed by atoms with Gasteiger partial charge >= 0.3 is 14.9 Å². The summed E-state index contributed by atoms with van der Waals surface area (Å²) in [6.07, 6.45) is 2.38. The number of benzene rings is 9. The van der Waals surface area contributed by atoms with Gasteiger partial charge in [-0.15, -0.1) is 0 Å². The number of hydrogen-bond donors (Lipinski definition) is 0. The summed E-state index contributed by atoms with van der Waals surface area (Å²) in [6.45, 7) is 0.102. The van der Waals surface area contributed by atoms with Gasteiger partial charge in [-0.2, -0.15) is 0 Å². The van der Waals surface area contributed by atoms with E-state index in [1.807, 2.05) is 11.8 Å². The maximum Gasteiger partial charge on any atom is 0.460 e. The Bertz CT molecular complexity index is 3800. The van der Waals surface area contributed by atoms with Crippen LogP contribution in [0.5, 0.6) is 11.5 Å². The van der Waals surface area contributed by atoms with Crippen LogP contribution in [0.4, 0.5) is 0 Å². The molecule has 1 unspecified atom stereocenters. The van der Waals surface area contributed by atoms with E-state index >= 15 is 0 Å². The van der Waals surface area contributed by atoms with Gasteiger partial charge in [-0.3, -0.25) is 4.23 Å². The highest BCUT2D eigenvalue weighted by atomic mass is 32.2. The number of fused-ring (bicyclic) bond motifs is 18. The van der Waals surface area contributed by atoms with Gasteiger partial charge in [0.2, 0.25) is 6.71 Å². The van der Waals surface area contributed by atoms with Crippen LogP contribution in [0, 0.1) is 0 Å². The van der Waals surface area contributed by atoms with Crippen LogP contribution in [0.2, 0.25) is 0 Å². The van der Waals surface area contributed by atoms with Crippen molar-refractivity contribution in [2.75, 3.05) is 0 Å². The predicted molar refractivity (Wildman–Crippen MR) is 281 cm³/mol. The Kier molecular flexibility index (Phi) is 7.18. The Hall–Kier alpha value is -7.77. The van der Waals surface area contributed by atoms with Gasteiger partial charge in [-0.25, -0.2) is 0 Å². The second kappa shape index (κ2) is 13.2. The summed E-state index contributed by atoms with van der Waals surface area (Å²) < 4.78 is 14.8. The SMILES string of the molecule is c1ccc2c(c1)B1c3ccc(-n4c5ccccc5c5ccccc54)cc3Sc3cccc(c31)[Si]21c2ccccc2B2c3ccc(-n4c5ccccc5c5ccccc54)cc3Oc3ccc[n+]1c32. The maximum absolute atomic E-state index is 7.21. The Balaban J connectivity index is 0.897. The molecule has 0 amide bonds. The molecule has 4 aliphatic heterocycles. The molecule has 7 heterocycles. The number of ether oxygens (including phenoxy) is 1. The third-order valence-corrected chi connectivity index (χ3v) is 21.4. The summed E-state index contributed by atoms with van der Waals surface area (Å²) >= 11 is 1.94. The van der Waals surface area contributed by atoms with E-state index in [1.165, 1.54) is 108 Å². The fourth-order valence-electron chi connectivity index (χ4n) is 12.9. The predicted octanol–water partition coefficient (Wildman–Crippen LogP) is 6.91. The van der Waals surface area contributed by atoms with Gasteiger partial charge in [0.25, 0.3) is 0 Å². The van der Waals surface area contributed by atoms with Gasteiger partial charge < -0.3 is 13.9 Å². The van der Waals surface area contributed by atoms with E-state index in [2.05, 4.69) is 232 Å². The smallest absolute Gasteiger partial charge is 0.452 e. The van der Waals surface area contributed by atoms with Crippen LogP contribution in [-0.4, -0.2) is 30.8 Å². The van der Waals surface area contributed by atoms with Crippen molar-refractivity contribution in [1.29, 1.82) is 0 Å². The summed E-state index contributed by atoms with van der Waals surface area (Å²) in [4.78, 5) is 2.67. The van der Waals surface area contributed by atoms with E-state index in [1.54, 1.807) is 0 Å². The largest absolute Gasteiger partial charge is 0.460 e. The average Bonchev–Trinajstić information content (AvgIpc) is 3.91. The Labute approximate surface area is 392 Å². The zero-order valence-corrected chi connectivity index (χ0v) is 37.9. The van der Waals surface area contributed by atoms with E-state index in [-0.39, 0.29) is 13.4 Å². The van der Waals surface area contributed by atoms with Crippen molar-refractivity contribution in [1.82, 2.24) is 9.13 Å². The van der Waals surface area contributed by atoms with Crippen molar-refractivity contribution in [3.63, 3.8) is 0 Å². The minimum atomic E-state index is -3.02. The third kappa shape index (κ3) is 4.59. The summed E-state index contributed by atoms with van der Waals surface area (Å²) in [7, 11) is -3.02. The first-order valence-electron chi connectivity index (χ1n) is 23.2. The normalized spacial score (nSPS) is 15.8. The Morgan fingerprint density at radius 2 is 0.925 bits per heavy atom. The molecule has 9 aromatic carbocycles. The first-order valence-corrected chi connectivity index (χ1v) is 26.0. The molecule has 4 aliphatic rings. The van der Waals surface area contributed by atoms with Crippen molar-refractivity contribution in [3.05, 3.63) is 219 Å². The van der Waals surface area contributed by atoms with Crippen LogP contribution in [0.15, 0.2) is 228 Å². The summed E-state index contributed by atoms with van der Waals surface area (Å²) in [5.41, 5.74) is 15.2. The second-order valence-corrected chi connectivity index (χ2v) is 23.1. The average molecular weight is 885 g/mol. The standard InChI is InChI=1S/C59H36B2N3OSSi/c1-7-21-47-39(15-1)40-16-2-8-22-48(40)63(47)37-30-32-43-52(35-37)65-51-25-14-34-62-59(51)61(43)46-20-6-12-28-56(46)67(62)55-27-11-5-19-45(55)60-44-33-31-38(36-54(44)66-53-26-13-29-57(67)58(53)60)64-49-23-9-3-17-41(49)42-18-4-10-24-50(42)64/h1-36H/q+1. The highest BCUT2D eigenvalue weighted by Crippen LogP contribution is 2.38. The van der Waals surface area contributed by atoms with E-state index < -0.39 is 8.24 Å².